The topological polar surface area (TPSA) is 85.4 Å². The largest absolute Gasteiger partial charge is 0.456 e. The summed E-state index contributed by atoms with van der Waals surface area (Å²) in [7, 11) is -3.34. The molecule has 3 rings (SSSR count). The first-order chi connectivity index (χ1) is 12.3. The highest BCUT2D eigenvalue weighted by Gasteiger charge is 2.15. The highest BCUT2D eigenvalue weighted by Crippen LogP contribution is 2.23. The lowest BCUT2D eigenvalue weighted by atomic mass is 10.3. The molecule has 1 aromatic carbocycles. The van der Waals surface area contributed by atoms with E-state index in [1.807, 2.05) is 0 Å². The van der Waals surface area contributed by atoms with Crippen LogP contribution in [0, 0.1) is 5.82 Å². The first-order valence-electron chi connectivity index (χ1n) is 7.31. The number of anilines is 1. The molecule has 6 nitrogen and oxygen atoms in total. The van der Waals surface area contributed by atoms with Crippen molar-refractivity contribution in [3.05, 3.63) is 65.4 Å². The summed E-state index contributed by atoms with van der Waals surface area (Å²) in [5, 5.41) is 4.05. The minimum absolute atomic E-state index is 0.124. The maximum absolute atomic E-state index is 12.9. The normalized spacial score (nSPS) is 11.2. The third-order valence-corrected chi connectivity index (χ3v) is 6.00. The molecule has 0 saturated heterocycles. The Morgan fingerprint density at radius 1 is 1.15 bits per heavy atom. The van der Waals surface area contributed by atoms with Gasteiger partial charge in [0.1, 0.15) is 27.3 Å². The molecule has 0 saturated carbocycles. The fourth-order valence-electron chi connectivity index (χ4n) is 1.97. The van der Waals surface area contributed by atoms with Gasteiger partial charge in [0.05, 0.1) is 11.8 Å². The summed E-state index contributed by atoms with van der Waals surface area (Å²) in [6.45, 7) is 0. The van der Waals surface area contributed by atoms with Gasteiger partial charge >= 0.3 is 0 Å². The number of ether oxygens (including phenoxy) is 1. The Balaban J connectivity index is 1.66. The second-order valence-corrected chi connectivity index (χ2v) is 8.47. The minimum Gasteiger partial charge on any atom is -0.456 e. The molecular formula is C17H13FN2O4S2. The fourth-order valence-corrected chi connectivity index (χ4v) is 3.77. The molecule has 0 aliphatic rings. The van der Waals surface area contributed by atoms with E-state index in [0.29, 0.717) is 11.5 Å². The number of hydrogen-bond acceptors (Lipinski definition) is 6. The third-order valence-electron chi connectivity index (χ3n) is 3.23. The second-order valence-electron chi connectivity index (χ2n) is 5.32. The summed E-state index contributed by atoms with van der Waals surface area (Å²) in [6, 6.07) is 10.00. The van der Waals surface area contributed by atoms with E-state index >= 15 is 0 Å². The number of benzene rings is 1. The van der Waals surface area contributed by atoms with E-state index in [1.54, 1.807) is 12.1 Å². The van der Waals surface area contributed by atoms with Crippen molar-refractivity contribution in [1.29, 1.82) is 0 Å². The van der Waals surface area contributed by atoms with Crippen molar-refractivity contribution in [2.24, 2.45) is 0 Å². The predicted molar refractivity (Wildman–Crippen MR) is 96.1 cm³/mol. The van der Waals surface area contributed by atoms with Crippen LogP contribution < -0.4 is 10.1 Å². The molecule has 0 fully saturated rings. The molecule has 2 heterocycles. The van der Waals surface area contributed by atoms with Gasteiger partial charge in [-0.15, -0.1) is 11.3 Å². The monoisotopic (exact) mass is 392 g/mol. The van der Waals surface area contributed by atoms with E-state index in [0.717, 1.165) is 17.6 Å². The standard InChI is InChI=1S/C17H13FN2O4S2/c1-26(22,23)16-8-11(10-25-16)17(21)20-15-7-6-14(9-19-15)24-13-4-2-12(18)3-5-13/h2-10H,1H3,(H,19,20,21). The number of pyridine rings is 1. The van der Waals surface area contributed by atoms with Crippen molar-refractivity contribution in [2.45, 2.75) is 4.21 Å². The number of nitrogens with one attached hydrogen (secondary N) is 1. The van der Waals surface area contributed by atoms with Crippen LogP contribution in [0.4, 0.5) is 10.2 Å². The molecule has 0 radical (unpaired) electrons. The van der Waals surface area contributed by atoms with E-state index in [-0.39, 0.29) is 21.4 Å². The number of thiophene rings is 1. The van der Waals surface area contributed by atoms with Crippen LogP contribution in [0.1, 0.15) is 10.4 Å². The van der Waals surface area contributed by atoms with Crippen molar-refractivity contribution >= 4 is 32.9 Å². The number of aromatic nitrogens is 1. The molecule has 0 spiro atoms. The van der Waals surface area contributed by atoms with Gasteiger partial charge in [-0.2, -0.15) is 0 Å². The molecule has 0 aliphatic carbocycles. The fraction of sp³-hybridized carbons (Fsp3) is 0.0588. The first kappa shape index (κ1) is 18.0. The lowest BCUT2D eigenvalue weighted by molar-refractivity contribution is 0.102. The Labute approximate surface area is 153 Å². The highest BCUT2D eigenvalue weighted by molar-refractivity contribution is 7.92. The number of amides is 1. The Morgan fingerprint density at radius 2 is 1.85 bits per heavy atom. The summed E-state index contributed by atoms with van der Waals surface area (Å²) < 4.78 is 41.4. The average Bonchev–Trinajstić information content (AvgIpc) is 3.09. The minimum atomic E-state index is -3.34. The third kappa shape index (κ3) is 4.44. The van der Waals surface area contributed by atoms with Gasteiger partial charge in [0.25, 0.3) is 5.91 Å². The number of hydrogen-bond donors (Lipinski definition) is 1. The van der Waals surface area contributed by atoms with E-state index in [1.165, 1.54) is 41.9 Å². The summed E-state index contributed by atoms with van der Waals surface area (Å²) in [5.74, 6) is 0.339. The van der Waals surface area contributed by atoms with Gasteiger partial charge in [0, 0.05) is 11.6 Å². The first-order valence-corrected chi connectivity index (χ1v) is 10.1. The van der Waals surface area contributed by atoms with Crippen molar-refractivity contribution < 1.29 is 22.3 Å². The molecule has 2 aromatic heterocycles. The van der Waals surface area contributed by atoms with Crippen LogP contribution in [0.2, 0.25) is 0 Å². The molecule has 26 heavy (non-hydrogen) atoms. The number of sulfone groups is 1. The molecule has 134 valence electrons. The molecule has 1 N–H and O–H groups in total. The van der Waals surface area contributed by atoms with Crippen LogP contribution >= 0.6 is 11.3 Å². The van der Waals surface area contributed by atoms with Crippen LogP contribution in [-0.4, -0.2) is 25.6 Å². The molecule has 3 aromatic rings. The van der Waals surface area contributed by atoms with E-state index in [2.05, 4.69) is 10.3 Å². The quantitative estimate of drug-likeness (QED) is 0.715. The molecule has 0 unspecified atom stereocenters. The Kier molecular flexibility index (Phi) is 5.01. The maximum atomic E-state index is 12.9. The zero-order chi connectivity index (χ0) is 18.7. The van der Waals surface area contributed by atoms with Crippen LogP contribution in [-0.2, 0) is 9.84 Å². The Hall–Kier alpha value is -2.78. The van der Waals surface area contributed by atoms with Crippen LogP contribution in [0.5, 0.6) is 11.5 Å². The molecule has 1 amide bonds. The molecule has 0 bridgehead atoms. The van der Waals surface area contributed by atoms with Crippen molar-refractivity contribution in [2.75, 3.05) is 11.6 Å². The van der Waals surface area contributed by atoms with Crippen molar-refractivity contribution in [3.63, 3.8) is 0 Å². The number of nitrogens with zero attached hydrogens (tertiary/aromatic N) is 1. The van der Waals surface area contributed by atoms with Gasteiger partial charge in [0.15, 0.2) is 9.84 Å². The van der Waals surface area contributed by atoms with Gasteiger partial charge in [-0.3, -0.25) is 4.79 Å². The van der Waals surface area contributed by atoms with Crippen LogP contribution in [0.3, 0.4) is 0 Å². The molecule has 9 heteroatoms. The van der Waals surface area contributed by atoms with E-state index in [9.17, 15) is 17.6 Å². The smallest absolute Gasteiger partial charge is 0.257 e. The molecule has 0 atom stereocenters. The van der Waals surface area contributed by atoms with Crippen LogP contribution in [0.15, 0.2) is 58.3 Å². The zero-order valence-electron chi connectivity index (χ0n) is 13.5. The second kappa shape index (κ2) is 7.22. The molecular weight excluding hydrogens is 379 g/mol. The van der Waals surface area contributed by atoms with E-state index < -0.39 is 15.7 Å². The number of carbonyl (C=O) groups excluding carboxylic acids is 1. The van der Waals surface area contributed by atoms with Gasteiger partial charge in [-0.05, 0) is 42.5 Å². The van der Waals surface area contributed by atoms with Crippen molar-refractivity contribution in [1.82, 2.24) is 4.98 Å². The summed E-state index contributed by atoms with van der Waals surface area (Å²) in [4.78, 5) is 16.2. The maximum Gasteiger partial charge on any atom is 0.257 e. The average molecular weight is 392 g/mol. The van der Waals surface area contributed by atoms with Crippen LogP contribution in [0.25, 0.3) is 0 Å². The van der Waals surface area contributed by atoms with Gasteiger partial charge < -0.3 is 10.1 Å². The zero-order valence-corrected chi connectivity index (χ0v) is 15.1. The number of halogens is 1. The Bertz CT molecular complexity index is 1030. The van der Waals surface area contributed by atoms with Gasteiger partial charge in [0.2, 0.25) is 0 Å². The number of carbonyl (C=O) groups is 1. The van der Waals surface area contributed by atoms with Crippen molar-refractivity contribution in [3.8, 4) is 11.5 Å². The van der Waals surface area contributed by atoms with Gasteiger partial charge in [-0.25, -0.2) is 17.8 Å². The lowest BCUT2D eigenvalue weighted by Gasteiger charge is -2.07. The number of rotatable bonds is 5. The summed E-state index contributed by atoms with van der Waals surface area (Å²) in [5.41, 5.74) is 0.240. The summed E-state index contributed by atoms with van der Waals surface area (Å²) >= 11 is 0.984. The van der Waals surface area contributed by atoms with E-state index in [4.69, 9.17) is 4.74 Å². The lowest BCUT2D eigenvalue weighted by Crippen LogP contribution is -2.12. The predicted octanol–water partition coefficient (Wildman–Crippen LogP) is 3.73. The SMILES string of the molecule is CS(=O)(=O)c1cc(C(=O)Nc2ccc(Oc3ccc(F)cc3)cn2)cs1. The highest BCUT2D eigenvalue weighted by atomic mass is 32.2. The Morgan fingerprint density at radius 3 is 2.42 bits per heavy atom. The molecule has 0 aliphatic heterocycles. The summed E-state index contributed by atoms with van der Waals surface area (Å²) in [6.07, 6.45) is 2.50. The van der Waals surface area contributed by atoms with Gasteiger partial charge in [-0.1, -0.05) is 0 Å².